The molecule has 12 heteroatoms. The molecule has 0 radical (unpaired) electrons. The van der Waals surface area contributed by atoms with E-state index in [9.17, 15) is 30.7 Å². The average Bonchev–Trinajstić information content (AvgIpc) is 3.19. The van der Waals surface area contributed by atoms with Gasteiger partial charge in [0.15, 0.2) is 10.8 Å². The fraction of sp³-hybridized carbons (Fsp3) is 0.200. The zero-order valence-corrected chi connectivity index (χ0v) is 20.5. The number of nitrogens with zero attached hydrogens (tertiary/aromatic N) is 2. The molecular formula is C25H17ClF7N3S. The highest BCUT2D eigenvalue weighted by atomic mass is 35.5. The number of alkyl halides is 6. The molecule has 0 aliphatic carbocycles. The molecule has 4 aromatic rings. The largest absolute Gasteiger partial charge is 0.434 e. The summed E-state index contributed by atoms with van der Waals surface area (Å²) in [5, 5.41) is 2.89. The topological polar surface area (TPSA) is 37.8 Å². The van der Waals surface area contributed by atoms with Gasteiger partial charge in [0.2, 0.25) is 0 Å². The second-order valence-corrected chi connectivity index (χ2v) is 9.84. The molecule has 2 heterocycles. The van der Waals surface area contributed by atoms with Crippen molar-refractivity contribution < 1.29 is 30.7 Å². The van der Waals surface area contributed by atoms with Crippen LogP contribution in [0.15, 0.2) is 66.9 Å². The molecule has 2 aromatic carbocycles. The van der Waals surface area contributed by atoms with Crippen molar-refractivity contribution in [1.82, 2.24) is 9.97 Å². The molecule has 0 fully saturated rings. The van der Waals surface area contributed by atoms with Crippen molar-refractivity contribution in [2.45, 2.75) is 31.2 Å². The van der Waals surface area contributed by atoms with E-state index in [1.807, 2.05) is 0 Å². The van der Waals surface area contributed by atoms with E-state index in [2.05, 4.69) is 15.3 Å². The summed E-state index contributed by atoms with van der Waals surface area (Å²) < 4.78 is 96.1. The lowest BCUT2D eigenvalue weighted by molar-refractivity contribution is -0.141. The standard InChI is InChI=1S/C25H17ClF7N3S/c1-14-21(25(31,32)33)35-22(37-14)36-23(12-15-5-3-2-4-6-15,20-8-7-18(26)13-34-20)16-9-17(24(28,29)30)11-19(27)10-16/h2-11,13H,12H2,1H3,(H,35,36). The fourth-order valence-corrected chi connectivity index (χ4v) is 4.97. The number of benzene rings is 2. The molecule has 1 N–H and O–H groups in total. The second-order valence-electron chi connectivity index (χ2n) is 8.20. The number of hydrogen-bond acceptors (Lipinski definition) is 4. The summed E-state index contributed by atoms with van der Waals surface area (Å²) >= 11 is 6.66. The first-order chi connectivity index (χ1) is 17.3. The summed E-state index contributed by atoms with van der Waals surface area (Å²) in [7, 11) is 0. The van der Waals surface area contributed by atoms with Crippen LogP contribution < -0.4 is 5.32 Å². The molecule has 1 atom stereocenters. The van der Waals surface area contributed by atoms with Crippen molar-refractivity contribution in [1.29, 1.82) is 0 Å². The lowest BCUT2D eigenvalue weighted by atomic mass is 9.80. The summed E-state index contributed by atoms with van der Waals surface area (Å²) in [4.78, 5) is 7.81. The maximum Gasteiger partial charge on any atom is 0.434 e. The minimum atomic E-state index is -4.88. The van der Waals surface area contributed by atoms with Gasteiger partial charge in [-0.1, -0.05) is 41.9 Å². The quantitative estimate of drug-likeness (QED) is 0.242. The Morgan fingerprint density at radius 2 is 1.57 bits per heavy atom. The number of anilines is 1. The van der Waals surface area contributed by atoms with Crippen LogP contribution in [0, 0.1) is 12.7 Å². The Kier molecular flexibility index (Phi) is 7.22. The monoisotopic (exact) mass is 559 g/mol. The van der Waals surface area contributed by atoms with Crippen molar-refractivity contribution >= 4 is 28.1 Å². The van der Waals surface area contributed by atoms with Crippen LogP contribution in [0.25, 0.3) is 0 Å². The average molecular weight is 560 g/mol. The van der Waals surface area contributed by atoms with E-state index < -0.39 is 35.0 Å². The molecule has 0 aliphatic heterocycles. The van der Waals surface area contributed by atoms with Crippen molar-refractivity contribution in [3.63, 3.8) is 0 Å². The van der Waals surface area contributed by atoms with Gasteiger partial charge in [0.1, 0.15) is 11.4 Å². The number of thiazole rings is 1. The van der Waals surface area contributed by atoms with Gasteiger partial charge in [-0.2, -0.15) is 26.3 Å². The first-order valence-electron chi connectivity index (χ1n) is 10.6. The molecule has 0 saturated carbocycles. The van der Waals surface area contributed by atoms with Gasteiger partial charge in [-0.05, 0) is 48.4 Å². The first-order valence-corrected chi connectivity index (χ1v) is 11.8. The van der Waals surface area contributed by atoms with E-state index in [1.165, 1.54) is 25.3 Å². The van der Waals surface area contributed by atoms with Gasteiger partial charge in [0.25, 0.3) is 0 Å². The first kappa shape index (κ1) is 26.9. The van der Waals surface area contributed by atoms with Crippen molar-refractivity contribution in [3.05, 3.63) is 111 Å². The van der Waals surface area contributed by atoms with E-state index >= 15 is 0 Å². The van der Waals surface area contributed by atoms with Crippen LogP contribution in [0.2, 0.25) is 5.02 Å². The third kappa shape index (κ3) is 5.88. The minimum absolute atomic E-state index is 0.0980. The SMILES string of the molecule is Cc1sc(NC(Cc2ccccc2)(c2cc(F)cc(C(F)(F)F)c2)c2ccc(Cl)cn2)nc1C(F)(F)F. The summed E-state index contributed by atoms with van der Waals surface area (Å²) in [6.07, 6.45) is -8.49. The fourth-order valence-electron chi connectivity index (χ4n) is 3.95. The zero-order valence-electron chi connectivity index (χ0n) is 18.9. The number of aromatic nitrogens is 2. The van der Waals surface area contributed by atoms with Crippen LogP contribution >= 0.6 is 22.9 Å². The zero-order chi connectivity index (χ0) is 27.0. The molecule has 0 bridgehead atoms. The molecule has 0 spiro atoms. The number of pyridine rings is 1. The predicted octanol–water partition coefficient (Wildman–Crippen LogP) is 8.28. The highest BCUT2D eigenvalue weighted by Gasteiger charge is 2.42. The van der Waals surface area contributed by atoms with Gasteiger partial charge in [-0.15, -0.1) is 11.3 Å². The number of aryl methyl sites for hydroxylation is 1. The molecule has 0 aliphatic rings. The van der Waals surface area contributed by atoms with Crippen LogP contribution in [0.3, 0.4) is 0 Å². The van der Waals surface area contributed by atoms with Gasteiger partial charge < -0.3 is 5.32 Å². The van der Waals surface area contributed by atoms with Crippen molar-refractivity contribution in [3.8, 4) is 0 Å². The highest BCUT2D eigenvalue weighted by Crippen LogP contribution is 2.42. The van der Waals surface area contributed by atoms with E-state index in [0.717, 1.165) is 12.1 Å². The van der Waals surface area contributed by atoms with Crippen LogP contribution in [0.4, 0.5) is 35.9 Å². The minimum Gasteiger partial charge on any atom is -0.346 e. The molecule has 4 rings (SSSR count). The Bertz CT molecular complexity index is 1390. The highest BCUT2D eigenvalue weighted by molar-refractivity contribution is 7.15. The van der Waals surface area contributed by atoms with Crippen LogP contribution in [-0.2, 0) is 24.3 Å². The van der Waals surface area contributed by atoms with Crippen molar-refractivity contribution in [2.24, 2.45) is 0 Å². The Labute approximate surface area is 216 Å². The summed E-state index contributed by atoms with van der Waals surface area (Å²) in [6, 6.07) is 13.3. The van der Waals surface area contributed by atoms with E-state index in [0.29, 0.717) is 23.0 Å². The molecule has 0 amide bonds. The number of halogens is 8. The smallest absolute Gasteiger partial charge is 0.346 e. The lowest BCUT2D eigenvalue weighted by Gasteiger charge is -2.36. The molecule has 1 unspecified atom stereocenters. The third-order valence-corrected chi connectivity index (χ3v) is 6.69. The van der Waals surface area contributed by atoms with Crippen LogP contribution in [-0.4, -0.2) is 9.97 Å². The summed E-state index contributed by atoms with van der Waals surface area (Å²) in [5.74, 6) is -1.18. The Morgan fingerprint density at radius 1 is 0.892 bits per heavy atom. The molecule has 2 aromatic heterocycles. The number of nitrogens with one attached hydrogen (secondary N) is 1. The number of hydrogen-bond donors (Lipinski definition) is 1. The second kappa shape index (κ2) is 9.94. The molecule has 194 valence electrons. The predicted molar refractivity (Wildman–Crippen MR) is 127 cm³/mol. The van der Waals surface area contributed by atoms with Gasteiger partial charge in [-0.3, -0.25) is 4.98 Å². The molecular weight excluding hydrogens is 543 g/mol. The van der Waals surface area contributed by atoms with Gasteiger partial charge >= 0.3 is 12.4 Å². The molecule has 0 saturated heterocycles. The summed E-state index contributed by atoms with van der Waals surface area (Å²) in [6.45, 7) is 1.23. The Hall–Kier alpha value is -3.18. The lowest BCUT2D eigenvalue weighted by Crippen LogP contribution is -2.40. The normalized spacial score (nSPS) is 13.9. The van der Waals surface area contributed by atoms with E-state index in [1.54, 1.807) is 30.3 Å². The van der Waals surface area contributed by atoms with E-state index in [-0.39, 0.29) is 32.7 Å². The maximum absolute atomic E-state index is 14.6. The Balaban J connectivity index is 2.01. The number of rotatable bonds is 6. The van der Waals surface area contributed by atoms with Crippen LogP contribution in [0.1, 0.15) is 33.0 Å². The van der Waals surface area contributed by atoms with Gasteiger partial charge in [0, 0.05) is 17.5 Å². The van der Waals surface area contributed by atoms with Gasteiger partial charge in [0.05, 0.1) is 16.3 Å². The molecule has 3 nitrogen and oxygen atoms in total. The van der Waals surface area contributed by atoms with Gasteiger partial charge in [-0.25, -0.2) is 9.37 Å². The van der Waals surface area contributed by atoms with E-state index in [4.69, 9.17) is 11.6 Å². The third-order valence-electron chi connectivity index (χ3n) is 5.58. The maximum atomic E-state index is 14.6. The van der Waals surface area contributed by atoms with Crippen LogP contribution in [0.5, 0.6) is 0 Å². The van der Waals surface area contributed by atoms with Crippen molar-refractivity contribution in [2.75, 3.05) is 5.32 Å². The summed E-state index contributed by atoms with van der Waals surface area (Å²) in [5.41, 5.74) is -3.68. The Morgan fingerprint density at radius 3 is 2.14 bits per heavy atom. The molecule has 37 heavy (non-hydrogen) atoms.